The molecular weight excluding hydrogens is 524 g/mol. The Kier molecular flexibility index (Phi) is 11.0. The van der Waals surface area contributed by atoms with E-state index >= 15 is 0 Å². The fraction of sp³-hybridized carbons (Fsp3) is 0.444. The molecule has 2 aromatic rings. The average Bonchev–Trinajstić information content (AvgIpc) is 2.91. The second-order valence-corrected chi connectivity index (χ2v) is 11.1. The van der Waals surface area contributed by atoms with Gasteiger partial charge in [-0.25, -0.2) is 13.1 Å². The molecule has 0 radical (unpaired) electrons. The standard InChI is InChI=1S/C27H34N4O7S/c1-19(32)38-16-15-29-27(35)24-12-9-22(18-30-24)26(34)31-39(36,37)23-10-7-20(8-11-23)13-14-28-25(33)17-21-5-3-2-4-6-21/h7-12,18,21H,2-6,13-17H2,1H3,(H,28,33)(H,29,35)(H,31,34). The van der Waals surface area contributed by atoms with Crippen LogP contribution in [0.4, 0.5) is 0 Å². The van der Waals surface area contributed by atoms with Crippen LogP contribution in [-0.4, -0.2) is 56.8 Å². The Hall–Kier alpha value is -3.80. The molecule has 0 atom stereocenters. The minimum absolute atomic E-state index is 0.0113. The zero-order chi connectivity index (χ0) is 28.3. The molecule has 1 aromatic carbocycles. The molecule has 1 aromatic heterocycles. The second-order valence-electron chi connectivity index (χ2n) is 9.41. The molecule has 0 saturated heterocycles. The highest BCUT2D eigenvalue weighted by Crippen LogP contribution is 2.26. The van der Waals surface area contributed by atoms with Crippen molar-refractivity contribution in [2.75, 3.05) is 19.7 Å². The number of nitrogens with zero attached hydrogens (tertiary/aromatic N) is 1. The predicted octanol–water partition coefficient (Wildman–Crippen LogP) is 2.12. The highest BCUT2D eigenvalue weighted by Gasteiger charge is 2.20. The smallest absolute Gasteiger partial charge is 0.302 e. The Morgan fingerprint density at radius 1 is 0.923 bits per heavy atom. The summed E-state index contributed by atoms with van der Waals surface area (Å²) in [4.78, 5) is 51.3. The van der Waals surface area contributed by atoms with Gasteiger partial charge in [-0.15, -0.1) is 0 Å². The number of nitrogens with one attached hydrogen (secondary N) is 3. The van der Waals surface area contributed by atoms with Crippen molar-refractivity contribution in [3.8, 4) is 0 Å². The Bertz CT molecular complexity index is 1260. The van der Waals surface area contributed by atoms with Crippen LogP contribution in [0.5, 0.6) is 0 Å². The summed E-state index contributed by atoms with van der Waals surface area (Å²) in [6.07, 6.45) is 8.06. The van der Waals surface area contributed by atoms with E-state index in [4.69, 9.17) is 4.74 Å². The van der Waals surface area contributed by atoms with E-state index in [9.17, 15) is 27.6 Å². The molecule has 1 heterocycles. The lowest BCUT2D eigenvalue weighted by Gasteiger charge is -2.20. The van der Waals surface area contributed by atoms with Crippen molar-refractivity contribution in [3.05, 3.63) is 59.4 Å². The van der Waals surface area contributed by atoms with Crippen molar-refractivity contribution >= 4 is 33.7 Å². The van der Waals surface area contributed by atoms with Gasteiger partial charge < -0.3 is 15.4 Å². The molecule has 0 spiro atoms. The number of hydrogen-bond donors (Lipinski definition) is 3. The molecule has 3 N–H and O–H groups in total. The van der Waals surface area contributed by atoms with Gasteiger partial charge in [0, 0.05) is 26.1 Å². The Morgan fingerprint density at radius 2 is 1.64 bits per heavy atom. The summed E-state index contributed by atoms with van der Waals surface area (Å²) in [5.41, 5.74) is 0.817. The largest absolute Gasteiger partial charge is 0.464 e. The van der Waals surface area contributed by atoms with E-state index in [1.165, 1.54) is 50.5 Å². The van der Waals surface area contributed by atoms with Crippen molar-refractivity contribution in [3.63, 3.8) is 0 Å². The molecular formula is C27H34N4O7S. The van der Waals surface area contributed by atoms with E-state index in [-0.39, 0.29) is 35.2 Å². The quantitative estimate of drug-likeness (QED) is 0.264. The molecule has 1 aliphatic carbocycles. The normalized spacial score (nSPS) is 13.8. The van der Waals surface area contributed by atoms with E-state index in [0.717, 1.165) is 24.6 Å². The second kappa shape index (κ2) is 14.4. The Labute approximate surface area is 228 Å². The van der Waals surface area contributed by atoms with Gasteiger partial charge in [-0.1, -0.05) is 31.4 Å². The van der Waals surface area contributed by atoms with Gasteiger partial charge in [-0.2, -0.15) is 0 Å². The van der Waals surface area contributed by atoms with Crippen molar-refractivity contribution < 1.29 is 32.3 Å². The zero-order valence-electron chi connectivity index (χ0n) is 21.9. The monoisotopic (exact) mass is 558 g/mol. The molecule has 11 nitrogen and oxygen atoms in total. The van der Waals surface area contributed by atoms with Crippen molar-refractivity contribution in [1.82, 2.24) is 20.3 Å². The first-order valence-corrected chi connectivity index (χ1v) is 14.4. The van der Waals surface area contributed by atoms with Crippen LogP contribution in [0.3, 0.4) is 0 Å². The van der Waals surface area contributed by atoms with Crippen molar-refractivity contribution in [1.29, 1.82) is 0 Å². The van der Waals surface area contributed by atoms with Crippen LogP contribution in [0.25, 0.3) is 0 Å². The van der Waals surface area contributed by atoms with E-state index in [1.807, 2.05) is 4.72 Å². The number of ether oxygens (including phenoxy) is 1. The molecule has 1 fully saturated rings. The molecule has 0 unspecified atom stereocenters. The topological polar surface area (TPSA) is 161 Å². The molecule has 0 bridgehead atoms. The van der Waals surface area contributed by atoms with E-state index in [0.29, 0.717) is 25.3 Å². The predicted molar refractivity (Wildman–Crippen MR) is 142 cm³/mol. The highest BCUT2D eigenvalue weighted by molar-refractivity contribution is 7.90. The number of rotatable bonds is 12. The van der Waals surface area contributed by atoms with Gasteiger partial charge in [-0.3, -0.25) is 24.2 Å². The summed E-state index contributed by atoms with van der Waals surface area (Å²) in [5, 5.41) is 5.44. The number of benzene rings is 1. The number of esters is 1. The van der Waals surface area contributed by atoms with Crippen LogP contribution in [0.15, 0.2) is 47.5 Å². The Balaban J connectivity index is 1.46. The van der Waals surface area contributed by atoms with Crippen molar-refractivity contribution in [2.45, 2.75) is 56.8 Å². The number of pyridine rings is 1. The molecule has 1 saturated carbocycles. The van der Waals surface area contributed by atoms with E-state index < -0.39 is 27.8 Å². The maximum atomic E-state index is 12.7. The van der Waals surface area contributed by atoms with Crippen LogP contribution >= 0.6 is 0 Å². The average molecular weight is 559 g/mol. The number of aromatic nitrogens is 1. The van der Waals surface area contributed by atoms with Crippen LogP contribution in [0.1, 0.15) is 71.9 Å². The fourth-order valence-corrected chi connectivity index (χ4v) is 5.23. The van der Waals surface area contributed by atoms with Gasteiger partial charge in [-0.05, 0) is 55.0 Å². The lowest BCUT2D eigenvalue weighted by molar-refractivity contribution is -0.140. The summed E-state index contributed by atoms with van der Waals surface area (Å²) in [7, 11) is -4.14. The van der Waals surface area contributed by atoms with Gasteiger partial charge in [0.15, 0.2) is 0 Å². The lowest BCUT2D eigenvalue weighted by atomic mass is 9.87. The minimum Gasteiger partial charge on any atom is -0.464 e. The van der Waals surface area contributed by atoms with Crippen molar-refractivity contribution in [2.24, 2.45) is 5.92 Å². The maximum absolute atomic E-state index is 12.7. The molecule has 39 heavy (non-hydrogen) atoms. The van der Waals surface area contributed by atoms with Crippen LogP contribution < -0.4 is 15.4 Å². The van der Waals surface area contributed by atoms with E-state index in [1.54, 1.807) is 12.1 Å². The highest BCUT2D eigenvalue weighted by atomic mass is 32.2. The number of amides is 3. The first kappa shape index (κ1) is 29.8. The fourth-order valence-electron chi connectivity index (χ4n) is 4.26. The molecule has 3 rings (SSSR count). The summed E-state index contributed by atoms with van der Waals surface area (Å²) in [5.74, 6) is -1.38. The molecule has 0 aliphatic heterocycles. The number of carbonyl (C=O) groups is 4. The lowest BCUT2D eigenvalue weighted by Crippen LogP contribution is -2.31. The maximum Gasteiger partial charge on any atom is 0.302 e. The zero-order valence-corrected chi connectivity index (χ0v) is 22.7. The number of sulfonamides is 1. The first-order chi connectivity index (χ1) is 18.6. The third-order valence-corrected chi connectivity index (χ3v) is 7.69. The molecule has 12 heteroatoms. The van der Waals surface area contributed by atoms with Gasteiger partial charge in [0.25, 0.3) is 21.8 Å². The SMILES string of the molecule is CC(=O)OCCNC(=O)c1ccc(C(=O)NS(=O)(=O)c2ccc(CCNC(=O)CC3CCCCC3)cc2)cn1. The van der Waals surface area contributed by atoms with Crippen LogP contribution in [0, 0.1) is 5.92 Å². The summed E-state index contributed by atoms with van der Waals surface area (Å²) < 4.78 is 32.1. The van der Waals surface area contributed by atoms with Gasteiger partial charge in [0.2, 0.25) is 5.91 Å². The third kappa shape index (κ3) is 9.78. The molecule has 1 aliphatic rings. The molecule has 3 amide bonds. The van der Waals surface area contributed by atoms with Crippen LogP contribution in [-0.2, 0) is 30.8 Å². The minimum atomic E-state index is -4.14. The summed E-state index contributed by atoms with van der Waals surface area (Å²) in [6, 6.07) is 8.65. The van der Waals surface area contributed by atoms with Gasteiger partial charge in [0.05, 0.1) is 17.0 Å². The Morgan fingerprint density at radius 3 is 2.28 bits per heavy atom. The third-order valence-electron chi connectivity index (χ3n) is 6.35. The summed E-state index contributed by atoms with van der Waals surface area (Å²) >= 11 is 0. The van der Waals surface area contributed by atoms with Crippen LogP contribution in [0.2, 0.25) is 0 Å². The summed E-state index contributed by atoms with van der Waals surface area (Å²) in [6.45, 7) is 1.82. The van der Waals surface area contributed by atoms with E-state index in [2.05, 4.69) is 15.6 Å². The first-order valence-electron chi connectivity index (χ1n) is 12.9. The number of hydrogen-bond acceptors (Lipinski definition) is 8. The van der Waals surface area contributed by atoms with Gasteiger partial charge >= 0.3 is 5.97 Å². The van der Waals surface area contributed by atoms with Gasteiger partial charge in [0.1, 0.15) is 12.3 Å². The number of carbonyl (C=O) groups excluding carboxylic acids is 4. The molecule has 210 valence electrons.